The van der Waals surface area contributed by atoms with Gasteiger partial charge in [0.2, 0.25) is 5.90 Å². The number of aliphatic hydroxyl groups is 1. The van der Waals surface area contributed by atoms with Crippen LogP contribution in [0.1, 0.15) is 29.2 Å². The molecule has 2 N–H and O–H groups in total. The highest BCUT2D eigenvalue weighted by molar-refractivity contribution is 9.10. The van der Waals surface area contributed by atoms with Gasteiger partial charge in [-0.25, -0.2) is 4.99 Å². The molecule has 210 valence electrons. The fourth-order valence-corrected chi connectivity index (χ4v) is 5.42. The largest absolute Gasteiger partial charge is 0.494 e. The highest BCUT2D eigenvalue weighted by Crippen LogP contribution is 2.45. The first-order valence-electron chi connectivity index (χ1n) is 13.0. The van der Waals surface area contributed by atoms with Gasteiger partial charge in [-0.05, 0) is 66.2 Å². The van der Waals surface area contributed by atoms with E-state index in [4.69, 9.17) is 42.8 Å². The van der Waals surface area contributed by atoms with Crippen molar-refractivity contribution in [1.29, 1.82) is 0 Å². The molecule has 0 radical (unpaired) electrons. The van der Waals surface area contributed by atoms with Crippen LogP contribution in [0.3, 0.4) is 0 Å². The van der Waals surface area contributed by atoms with Gasteiger partial charge < -0.3 is 19.9 Å². The van der Waals surface area contributed by atoms with E-state index in [1.807, 2.05) is 78.9 Å². The molecule has 0 unspecified atom stereocenters. The maximum absolute atomic E-state index is 14.3. The van der Waals surface area contributed by atoms with Crippen LogP contribution in [-0.4, -0.2) is 35.7 Å². The van der Waals surface area contributed by atoms with Crippen LogP contribution in [-0.2, 0) is 16.0 Å². The van der Waals surface area contributed by atoms with Crippen LogP contribution in [0.25, 0.3) is 0 Å². The van der Waals surface area contributed by atoms with Crippen molar-refractivity contribution in [3.8, 4) is 5.75 Å². The number of anilines is 1. The lowest BCUT2D eigenvalue weighted by atomic mass is 9.82. The number of halogens is 3. The molecule has 4 aromatic carbocycles. The van der Waals surface area contributed by atoms with Crippen LogP contribution < -0.4 is 10.1 Å². The molecule has 1 aliphatic heterocycles. The third-order valence-electron chi connectivity index (χ3n) is 6.69. The van der Waals surface area contributed by atoms with Crippen molar-refractivity contribution in [2.75, 3.05) is 18.5 Å². The molecule has 0 bridgehead atoms. The average Bonchev–Trinajstić information content (AvgIpc) is 3.35. The summed E-state index contributed by atoms with van der Waals surface area (Å²) in [5, 5.41) is 12.9. The maximum atomic E-state index is 14.3. The second-order valence-corrected chi connectivity index (χ2v) is 11.3. The Morgan fingerprint density at radius 3 is 2.41 bits per heavy atom. The molecule has 1 aliphatic rings. The Bertz CT molecular complexity index is 1530. The summed E-state index contributed by atoms with van der Waals surface area (Å²) in [5.74, 6) is 0.630. The number of aliphatic imine (C=N–C) groups is 1. The fraction of sp³-hybridized carbons (Fsp3) is 0.188. The second kappa shape index (κ2) is 13.1. The first-order valence-corrected chi connectivity index (χ1v) is 14.6. The molecule has 1 amide bonds. The molecular formula is C32H27BrCl2N2O4. The topological polar surface area (TPSA) is 80.2 Å². The van der Waals surface area contributed by atoms with Crippen molar-refractivity contribution in [1.82, 2.24) is 0 Å². The molecule has 6 nitrogen and oxygen atoms in total. The molecule has 5 rings (SSSR count). The minimum absolute atomic E-state index is 0.0584. The van der Waals surface area contributed by atoms with E-state index in [0.29, 0.717) is 51.5 Å². The first-order chi connectivity index (χ1) is 19.9. The van der Waals surface area contributed by atoms with E-state index in [1.165, 1.54) is 0 Å². The van der Waals surface area contributed by atoms with Crippen molar-refractivity contribution >= 4 is 56.6 Å². The van der Waals surface area contributed by atoms with E-state index in [-0.39, 0.29) is 18.9 Å². The average molecular weight is 654 g/mol. The van der Waals surface area contributed by atoms with Crippen LogP contribution in [0, 0.1) is 0 Å². The van der Waals surface area contributed by atoms with Crippen molar-refractivity contribution in [2.45, 2.75) is 24.5 Å². The second-order valence-electron chi connectivity index (χ2n) is 9.58. The van der Waals surface area contributed by atoms with Gasteiger partial charge in [-0.2, -0.15) is 0 Å². The van der Waals surface area contributed by atoms with E-state index in [1.54, 1.807) is 18.2 Å². The SMILES string of the molecule is O=C(Nc1ccccc1)[C@]1(Cc2ccc(Br)cc2)N=C(c2ccc(OCCCO)cc2)O[C@@H]1c1ccc(Cl)cc1Cl. The zero-order chi connectivity index (χ0) is 28.8. The van der Waals surface area contributed by atoms with Crippen molar-refractivity contribution in [3.63, 3.8) is 0 Å². The van der Waals surface area contributed by atoms with Crippen LogP contribution in [0.15, 0.2) is 107 Å². The molecule has 0 aliphatic carbocycles. The summed E-state index contributed by atoms with van der Waals surface area (Å²) in [6, 6.07) is 29.4. The summed E-state index contributed by atoms with van der Waals surface area (Å²) in [5.41, 5.74) is 1.40. The zero-order valence-corrected chi connectivity index (χ0v) is 25.0. The Labute approximate surface area is 257 Å². The Balaban J connectivity index is 1.61. The standard InChI is InChI=1S/C32H27BrCl2N2O4/c33-23-11-7-21(8-12-23)20-32(31(39)36-25-5-2-1-3-6-25)29(27-16-13-24(34)19-28(27)35)41-30(37-32)22-9-14-26(15-10-22)40-18-4-17-38/h1-3,5-16,19,29,38H,4,17-18,20H2,(H,36,39)/t29-,32-/m1/s1. The van der Waals surface area contributed by atoms with Crippen LogP contribution >= 0.6 is 39.1 Å². The molecular weight excluding hydrogens is 627 g/mol. The number of hydrogen-bond donors (Lipinski definition) is 2. The maximum Gasteiger partial charge on any atom is 0.257 e. The lowest BCUT2D eigenvalue weighted by molar-refractivity contribution is -0.123. The Morgan fingerprint density at radius 1 is 1.00 bits per heavy atom. The van der Waals surface area contributed by atoms with E-state index < -0.39 is 11.6 Å². The summed E-state index contributed by atoms with van der Waals surface area (Å²) in [4.78, 5) is 19.4. The normalized spacial score (nSPS) is 18.0. The predicted octanol–water partition coefficient (Wildman–Crippen LogP) is 7.66. The number of ether oxygens (including phenoxy) is 2. The van der Waals surface area contributed by atoms with Crippen LogP contribution in [0.2, 0.25) is 10.0 Å². The van der Waals surface area contributed by atoms with Gasteiger partial charge >= 0.3 is 0 Å². The molecule has 0 saturated heterocycles. The van der Waals surface area contributed by atoms with Gasteiger partial charge in [-0.1, -0.05) is 75.5 Å². The lowest BCUT2D eigenvalue weighted by Crippen LogP contribution is -2.46. The molecule has 0 saturated carbocycles. The summed E-state index contributed by atoms with van der Waals surface area (Å²) in [7, 11) is 0. The van der Waals surface area contributed by atoms with Gasteiger partial charge in [0.1, 0.15) is 5.75 Å². The minimum atomic E-state index is -1.41. The number of hydrogen-bond acceptors (Lipinski definition) is 5. The smallest absolute Gasteiger partial charge is 0.257 e. The molecule has 2 atom stereocenters. The molecule has 4 aromatic rings. The van der Waals surface area contributed by atoms with Gasteiger partial charge in [0.15, 0.2) is 11.6 Å². The zero-order valence-electron chi connectivity index (χ0n) is 21.9. The third kappa shape index (κ3) is 6.76. The van der Waals surface area contributed by atoms with E-state index in [2.05, 4.69) is 21.2 Å². The minimum Gasteiger partial charge on any atom is -0.494 e. The molecule has 9 heteroatoms. The summed E-state index contributed by atoms with van der Waals surface area (Å²) < 4.78 is 13.1. The quantitative estimate of drug-likeness (QED) is 0.172. The van der Waals surface area contributed by atoms with E-state index >= 15 is 0 Å². The number of carbonyl (C=O) groups excluding carboxylic acids is 1. The molecule has 41 heavy (non-hydrogen) atoms. The number of para-hydroxylation sites is 1. The molecule has 0 fully saturated rings. The van der Waals surface area contributed by atoms with E-state index in [0.717, 1.165) is 10.0 Å². The van der Waals surface area contributed by atoms with Gasteiger partial charge in [-0.3, -0.25) is 4.79 Å². The van der Waals surface area contributed by atoms with Crippen molar-refractivity contribution in [3.05, 3.63) is 128 Å². The monoisotopic (exact) mass is 652 g/mol. The van der Waals surface area contributed by atoms with Crippen molar-refractivity contribution < 1.29 is 19.4 Å². The van der Waals surface area contributed by atoms with Gasteiger partial charge in [-0.15, -0.1) is 0 Å². The highest BCUT2D eigenvalue weighted by atomic mass is 79.9. The van der Waals surface area contributed by atoms with E-state index in [9.17, 15) is 4.79 Å². The first kappa shape index (κ1) is 29.1. The number of carbonyl (C=O) groups is 1. The van der Waals surface area contributed by atoms with Gasteiger partial charge in [0.05, 0.1) is 6.61 Å². The van der Waals surface area contributed by atoms with Crippen LogP contribution in [0.5, 0.6) is 5.75 Å². The highest BCUT2D eigenvalue weighted by Gasteiger charge is 2.54. The number of amides is 1. The number of benzene rings is 4. The number of rotatable bonds is 10. The predicted molar refractivity (Wildman–Crippen MR) is 166 cm³/mol. The van der Waals surface area contributed by atoms with Crippen molar-refractivity contribution in [2.24, 2.45) is 4.99 Å². The molecule has 0 spiro atoms. The molecule has 1 heterocycles. The number of nitrogens with one attached hydrogen (secondary N) is 1. The number of aliphatic hydroxyl groups excluding tert-OH is 1. The Morgan fingerprint density at radius 2 is 1.73 bits per heavy atom. The number of nitrogens with zero attached hydrogens (tertiary/aromatic N) is 1. The van der Waals surface area contributed by atoms with Gasteiger partial charge in [0.25, 0.3) is 5.91 Å². The lowest BCUT2D eigenvalue weighted by Gasteiger charge is -2.31. The van der Waals surface area contributed by atoms with Gasteiger partial charge in [0, 0.05) is 50.8 Å². The summed E-state index contributed by atoms with van der Waals surface area (Å²) in [6.07, 6.45) is -0.0694. The fourth-order valence-electron chi connectivity index (χ4n) is 4.65. The third-order valence-corrected chi connectivity index (χ3v) is 7.78. The summed E-state index contributed by atoms with van der Waals surface area (Å²) in [6.45, 7) is 0.462. The molecule has 0 aromatic heterocycles. The van der Waals surface area contributed by atoms with Crippen LogP contribution in [0.4, 0.5) is 5.69 Å². The summed E-state index contributed by atoms with van der Waals surface area (Å²) >= 11 is 16.4. The Hall–Kier alpha value is -3.36. The Kier molecular flexibility index (Phi) is 9.30.